The highest BCUT2D eigenvalue weighted by atomic mass is 32.1. The lowest BCUT2D eigenvalue weighted by atomic mass is 10.0. The Balaban J connectivity index is 1.32. The molecule has 0 aliphatic heterocycles. The number of hydrogen-bond donors (Lipinski definition) is 2. The number of carbonyl (C=O) groups excluding carboxylic acids is 2. The number of unbranched alkanes of at least 4 members (excludes halogenated alkanes) is 1. The third-order valence-electron chi connectivity index (χ3n) is 5.91. The number of rotatable bonds is 9. The SMILES string of the molecule is C/C=C\C(=NC)c1cccc(-c2csc(NC(=O)CNC(=O)c3cn(C4(C#CCCC)CC4)cn3)n2)c1. The topological polar surface area (TPSA) is 101 Å². The quantitative estimate of drug-likeness (QED) is 0.320. The maximum absolute atomic E-state index is 12.5. The summed E-state index contributed by atoms with van der Waals surface area (Å²) in [5, 5.41) is 7.72. The zero-order valence-corrected chi connectivity index (χ0v) is 22.1. The van der Waals surface area contributed by atoms with Crippen molar-refractivity contribution in [3.8, 4) is 23.1 Å². The predicted molar refractivity (Wildman–Crippen MR) is 148 cm³/mol. The minimum Gasteiger partial charge on any atom is -0.342 e. The zero-order valence-electron chi connectivity index (χ0n) is 21.2. The number of aromatic nitrogens is 3. The molecule has 1 saturated carbocycles. The van der Waals surface area contributed by atoms with Crippen molar-refractivity contribution in [3.05, 3.63) is 65.6 Å². The number of allylic oxidation sites excluding steroid dienone is 2. The van der Waals surface area contributed by atoms with Gasteiger partial charge in [0.25, 0.3) is 5.91 Å². The van der Waals surface area contributed by atoms with E-state index in [1.165, 1.54) is 11.3 Å². The number of amides is 2. The van der Waals surface area contributed by atoms with E-state index in [1.54, 1.807) is 19.6 Å². The Labute approximate surface area is 221 Å². The maximum Gasteiger partial charge on any atom is 0.271 e. The van der Waals surface area contributed by atoms with Gasteiger partial charge in [-0.15, -0.1) is 17.3 Å². The van der Waals surface area contributed by atoms with Gasteiger partial charge >= 0.3 is 0 Å². The summed E-state index contributed by atoms with van der Waals surface area (Å²) in [7, 11) is 1.76. The number of nitrogens with zero attached hydrogens (tertiary/aromatic N) is 4. The second kappa shape index (κ2) is 11.8. The van der Waals surface area contributed by atoms with Gasteiger partial charge in [0.1, 0.15) is 11.2 Å². The summed E-state index contributed by atoms with van der Waals surface area (Å²) in [6.07, 6.45) is 11.0. The number of aliphatic imine (C=N–C) groups is 1. The van der Waals surface area contributed by atoms with Crippen molar-refractivity contribution in [1.82, 2.24) is 19.9 Å². The van der Waals surface area contributed by atoms with Gasteiger partial charge in [0, 0.05) is 36.2 Å². The van der Waals surface area contributed by atoms with Crippen molar-refractivity contribution in [3.63, 3.8) is 0 Å². The summed E-state index contributed by atoms with van der Waals surface area (Å²) in [5.41, 5.74) is 3.58. The molecular weight excluding hydrogens is 484 g/mol. The second-order valence-electron chi connectivity index (χ2n) is 8.71. The van der Waals surface area contributed by atoms with Crippen molar-refractivity contribution in [2.75, 3.05) is 18.9 Å². The number of anilines is 1. The van der Waals surface area contributed by atoms with Crippen molar-refractivity contribution in [2.24, 2.45) is 4.99 Å². The predicted octanol–water partition coefficient (Wildman–Crippen LogP) is 4.66. The second-order valence-corrected chi connectivity index (χ2v) is 9.57. The van der Waals surface area contributed by atoms with Gasteiger partial charge in [-0.25, -0.2) is 9.97 Å². The van der Waals surface area contributed by atoms with E-state index in [9.17, 15) is 9.59 Å². The van der Waals surface area contributed by atoms with Crippen LogP contribution < -0.4 is 10.6 Å². The molecule has 1 fully saturated rings. The maximum atomic E-state index is 12.5. The Morgan fingerprint density at radius 1 is 1.32 bits per heavy atom. The monoisotopic (exact) mass is 514 g/mol. The number of nitrogens with one attached hydrogen (secondary N) is 2. The molecule has 0 bridgehead atoms. The fourth-order valence-corrected chi connectivity index (χ4v) is 4.50. The lowest BCUT2D eigenvalue weighted by molar-refractivity contribution is -0.115. The van der Waals surface area contributed by atoms with Crippen LogP contribution in [0.15, 0.2) is 59.3 Å². The van der Waals surface area contributed by atoms with Gasteiger partial charge in [0.15, 0.2) is 5.13 Å². The molecule has 0 spiro atoms. The number of benzene rings is 1. The molecule has 1 aliphatic carbocycles. The van der Waals surface area contributed by atoms with Gasteiger partial charge in [-0.1, -0.05) is 37.1 Å². The first-order chi connectivity index (χ1) is 18.0. The molecular formula is C28H30N6O2S. The van der Waals surface area contributed by atoms with Crippen molar-refractivity contribution in [2.45, 2.75) is 45.1 Å². The van der Waals surface area contributed by atoms with Crippen LogP contribution >= 0.6 is 11.3 Å². The molecule has 1 aromatic carbocycles. The first-order valence-corrected chi connectivity index (χ1v) is 13.1. The largest absolute Gasteiger partial charge is 0.342 e. The first-order valence-electron chi connectivity index (χ1n) is 12.3. The first kappa shape index (κ1) is 26.0. The van der Waals surface area contributed by atoms with E-state index in [-0.39, 0.29) is 23.7 Å². The molecule has 190 valence electrons. The molecule has 3 aromatic rings. The smallest absolute Gasteiger partial charge is 0.271 e. The van der Waals surface area contributed by atoms with Crippen LogP contribution in [0.4, 0.5) is 5.13 Å². The van der Waals surface area contributed by atoms with Gasteiger partial charge in [-0.2, -0.15) is 0 Å². The van der Waals surface area contributed by atoms with Crippen molar-refractivity contribution < 1.29 is 9.59 Å². The zero-order chi connectivity index (χ0) is 26.3. The van der Waals surface area contributed by atoms with Crippen LogP contribution in [0.1, 0.15) is 55.6 Å². The molecule has 0 radical (unpaired) electrons. The lowest BCUT2D eigenvalue weighted by Gasteiger charge is -2.08. The Kier molecular flexibility index (Phi) is 8.31. The van der Waals surface area contributed by atoms with Gasteiger partial charge in [0.2, 0.25) is 5.91 Å². The summed E-state index contributed by atoms with van der Waals surface area (Å²) >= 11 is 1.33. The van der Waals surface area contributed by atoms with Gasteiger partial charge in [0.05, 0.1) is 24.3 Å². The molecule has 2 aromatic heterocycles. The summed E-state index contributed by atoms with van der Waals surface area (Å²) < 4.78 is 1.91. The summed E-state index contributed by atoms with van der Waals surface area (Å²) in [6, 6.07) is 7.94. The lowest BCUT2D eigenvalue weighted by Crippen LogP contribution is -2.33. The molecule has 0 atom stereocenters. The number of imidazole rings is 1. The van der Waals surface area contributed by atoms with E-state index in [0.29, 0.717) is 5.13 Å². The minimum atomic E-state index is -0.405. The Bertz CT molecular complexity index is 1400. The van der Waals surface area contributed by atoms with Crippen LogP contribution in [0.2, 0.25) is 0 Å². The average Bonchev–Trinajstić information content (AvgIpc) is 3.29. The van der Waals surface area contributed by atoms with Gasteiger partial charge < -0.3 is 15.2 Å². The van der Waals surface area contributed by atoms with E-state index in [4.69, 9.17) is 0 Å². The van der Waals surface area contributed by atoms with E-state index < -0.39 is 5.91 Å². The normalized spacial score (nSPS) is 14.2. The van der Waals surface area contributed by atoms with Crippen LogP contribution in [0, 0.1) is 11.8 Å². The van der Waals surface area contributed by atoms with Crippen LogP contribution in [0.5, 0.6) is 0 Å². The highest BCUT2D eigenvalue weighted by molar-refractivity contribution is 7.14. The van der Waals surface area contributed by atoms with E-state index in [0.717, 1.165) is 48.2 Å². The highest BCUT2D eigenvalue weighted by Crippen LogP contribution is 2.42. The van der Waals surface area contributed by atoms with Crippen LogP contribution in [0.3, 0.4) is 0 Å². The van der Waals surface area contributed by atoms with Gasteiger partial charge in [-0.05, 0) is 38.3 Å². The van der Waals surface area contributed by atoms with E-state index in [2.05, 4.69) is 44.4 Å². The molecule has 0 unspecified atom stereocenters. The summed E-state index contributed by atoms with van der Waals surface area (Å²) in [6.45, 7) is 3.87. The number of hydrogen-bond acceptors (Lipinski definition) is 6. The Morgan fingerprint density at radius 2 is 2.16 bits per heavy atom. The molecule has 4 rings (SSSR count). The Hall–Kier alpha value is -4.03. The van der Waals surface area contributed by atoms with E-state index in [1.807, 2.05) is 53.3 Å². The highest BCUT2D eigenvalue weighted by Gasteiger charge is 2.43. The number of thiazole rings is 1. The summed E-state index contributed by atoms with van der Waals surface area (Å²) in [4.78, 5) is 38.1. The van der Waals surface area contributed by atoms with Crippen LogP contribution in [-0.4, -0.2) is 45.7 Å². The van der Waals surface area contributed by atoms with Crippen molar-refractivity contribution >= 4 is 34.0 Å². The van der Waals surface area contributed by atoms with Gasteiger partial charge in [-0.3, -0.25) is 14.6 Å². The summed E-state index contributed by atoms with van der Waals surface area (Å²) in [5.74, 6) is 5.74. The molecule has 2 heterocycles. The number of carbonyl (C=O) groups is 2. The third-order valence-corrected chi connectivity index (χ3v) is 6.67. The standard InChI is InChI=1S/C28H30N6O2S/c1-4-6-7-12-28(13-14-28)34-17-23(31-19-34)26(36)30-16-25(35)33-27-32-24(18-37-27)21-11-8-10-20(15-21)22(29-3)9-5-2/h5,8-11,15,17-19H,4,6,13-14,16H2,1-3H3,(H,30,36)(H,32,33,35)/b9-5-,29-22?. The molecule has 9 heteroatoms. The molecule has 37 heavy (non-hydrogen) atoms. The molecule has 0 saturated heterocycles. The average molecular weight is 515 g/mol. The molecule has 8 nitrogen and oxygen atoms in total. The van der Waals surface area contributed by atoms with Crippen LogP contribution in [0.25, 0.3) is 11.3 Å². The Morgan fingerprint density at radius 3 is 2.89 bits per heavy atom. The molecule has 2 N–H and O–H groups in total. The minimum absolute atomic E-state index is 0.183. The third kappa shape index (κ3) is 6.40. The molecule has 2 amide bonds. The van der Waals surface area contributed by atoms with Crippen molar-refractivity contribution in [1.29, 1.82) is 0 Å². The molecule has 1 aliphatic rings. The van der Waals surface area contributed by atoms with Crippen LogP contribution in [-0.2, 0) is 10.3 Å². The fourth-order valence-electron chi connectivity index (χ4n) is 3.77. The fraction of sp³-hybridized carbons (Fsp3) is 0.321. The van der Waals surface area contributed by atoms with E-state index >= 15 is 0 Å².